The molecule has 0 fully saturated rings. The summed E-state index contributed by atoms with van der Waals surface area (Å²) in [4.78, 5) is 0. The Morgan fingerprint density at radius 2 is 0.855 bits per heavy atom. The molecule has 0 unspecified atom stereocenters. The van der Waals surface area contributed by atoms with Gasteiger partial charge >= 0.3 is 12.4 Å². The fourth-order valence-corrected chi connectivity index (χ4v) is 9.02. The van der Waals surface area contributed by atoms with E-state index in [9.17, 15) is 5.26 Å². The van der Waals surface area contributed by atoms with Crippen LogP contribution in [-0.4, -0.2) is 9.13 Å². The number of benzene rings is 8. The van der Waals surface area contributed by atoms with Crippen LogP contribution in [0.15, 0.2) is 164 Å². The van der Waals surface area contributed by atoms with Crippen LogP contribution in [0.25, 0.3) is 88.4 Å². The quantitative estimate of drug-likeness (QED) is 0.159. The summed E-state index contributed by atoms with van der Waals surface area (Å²) in [5, 5.41) is 14.1. The van der Waals surface area contributed by atoms with E-state index in [0.717, 1.165) is 61.0 Å². The second-order valence-electron chi connectivity index (χ2n) is 15.6. The van der Waals surface area contributed by atoms with E-state index >= 15 is 26.3 Å². The molecular weight excluding hydrogens is 793 g/mol. The summed E-state index contributed by atoms with van der Waals surface area (Å²) in [6.45, 7) is 3.95. The number of nitriles is 1. The van der Waals surface area contributed by atoms with E-state index < -0.39 is 29.0 Å². The van der Waals surface area contributed by atoms with E-state index in [1.54, 1.807) is 21.3 Å². The molecule has 0 N–H and O–H groups in total. The van der Waals surface area contributed by atoms with Crippen LogP contribution < -0.4 is 0 Å². The SMILES string of the molecule is Cc1cccc(-c2ccc3c4ccccc4n(-c4cc(-c5c(C(F)(F)F)cccc5C(F)(F)F)c(-n5c6ccccc6c6ccc(-c7cccc(C)c7)cc65)cc4C#N)c3c2)c1. The number of aryl methyl sites for hydroxylation is 2. The van der Waals surface area contributed by atoms with Crippen molar-refractivity contribution in [3.8, 4) is 50.8 Å². The van der Waals surface area contributed by atoms with E-state index in [1.165, 1.54) is 12.1 Å². The molecule has 0 atom stereocenters. The molecule has 302 valence electrons. The van der Waals surface area contributed by atoms with E-state index in [4.69, 9.17) is 0 Å². The zero-order chi connectivity index (χ0) is 43.1. The van der Waals surface area contributed by atoms with Crippen molar-refractivity contribution in [1.82, 2.24) is 9.13 Å². The molecule has 0 aliphatic carbocycles. The summed E-state index contributed by atoms with van der Waals surface area (Å²) in [6, 6.07) is 49.3. The van der Waals surface area contributed by atoms with Crippen LogP contribution in [0.5, 0.6) is 0 Å². The second-order valence-corrected chi connectivity index (χ2v) is 15.6. The molecule has 0 amide bonds. The lowest BCUT2D eigenvalue weighted by atomic mass is 9.90. The van der Waals surface area contributed by atoms with Crippen LogP contribution in [0.3, 0.4) is 0 Å². The molecule has 0 saturated carbocycles. The molecule has 0 saturated heterocycles. The molecular formula is C53H33F6N3. The number of aromatic nitrogens is 2. The maximum Gasteiger partial charge on any atom is 0.417 e. The number of hydrogen-bond acceptors (Lipinski definition) is 1. The zero-order valence-corrected chi connectivity index (χ0v) is 33.2. The van der Waals surface area contributed by atoms with Gasteiger partial charge in [-0.2, -0.15) is 31.6 Å². The molecule has 9 heteroatoms. The van der Waals surface area contributed by atoms with Crippen molar-refractivity contribution >= 4 is 43.6 Å². The number of halogens is 6. The first kappa shape index (κ1) is 38.6. The Hall–Kier alpha value is -7.57. The topological polar surface area (TPSA) is 33.6 Å². The number of rotatable bonds is 5. The normalized spacial score (nSPS) is 12.2. The van der Waals surface area contributed by atoms with Gasteiger partial charge in [0.1, 0.15) is 6.07 Å². The van der Waals surface area contributed by atoms with Crippen LogP contribution in [0.1, 0.15) is 27.8 Å². The molecule has 0 spiro atoms. The molecule has 0 radical (unpaired) electrons. The first-order valence-electron chi connectivity index (χ1n) is 19.9. The lowest BCUT2D eigenvalue weighted by molar-refractivity contribution is -0.142. The van der Waals surface area contributed by atoms with Crippen LogP contribution >= 0.6 is 0 Å². The number of para-hydroxylation sites is 2. The first-order chi connectivity index (χ1) is 29.8. The van der Waals surface area contributed by atoms with Crippen molar-refractivity contribution < 1.29 is 26.3 Å². The van der Waals surface area contributed by atoms with Gasteiger partial charge in [0.25, 0.3) is 0 Å². The lowest BCUT2D eigenvalue weighted by Crippen LogP contribution is -2.15. The summed E-state index contributed by atoms with van der Waals surface area (Å²) < 4.78 is 95.2. The summed E-state index contributed by atoms with van der Waals surface area (Å²) in [5.41, 5.74) is 3.72. The smallest absolute Gasteiger partial charge is 0.309 e. The number of alkyl halides is 6. The molecule has 2 aromatic heterocycles. The lowest BCUT2D eigenvalue weighted by Gasteiger charge is -2.24. The minimum atomic E-state index is -5.18. The van der Waals surface area contributed by atoms with Gasteiger partial charge in [-0.15, -0.1) is 0 Å². The summed E-state index contributed by atoms with van der Waals surface area (Å²) in [5.74, 6) is 0. The third-order valence-corrected chi connectivity index (χ3v) is 11.7. The monoisotopic (exact) mass is 825 g/mol. The highest BCUT2D eigenvalue weighted by molar-refractivity contribution is 6.12. The second kappa shape index (κ2) is 14.3. The average Bonchev–Trinajstić information content (AvgIpc) is 3.77. The molecule has 0 aliphatic rings. The van der Waals surface area contributed by atoms with Gasteiger partial charge in [0.05, 0.1) is 50.1 Å². The van der Waals surface area contributed by atoms with Crippen LogP contribution in [0.2, 0.25) is 0 Å². The Labute approximate surface area is 351 Å². The van der Waals surface area contributed by atoms with E-state index in [2.05, 4.69) is 6.07 Å². The molecule has 0 bridgehead atoms. The molecule has 3 nitrogen and oxygen atoms in total. The van der Waals surface area contributed by atoms with Crippen LogP contribution in [0, 0.1) is 25.2 Å². The van der Waals surface area contributed by atoms with E-state index in [1.807, 2.05) is 135 Å². The summed E-state index contributed by atoms with van der Waals surface area (Å²) in [6.07, 6.45) is -10.4. The number of nitrogens with zero attached hydrogens (tertiary/aromatic N) is 3. The maximum absolute atomic E-state index is 15.3. The number of fused-ring (bicyclic) bond motifs is 6. The van der Waals surface area contributed by atoms with Gasteiger partial charge in [0, 0.05) is 32.7 Å². The van der Waals surface area contributed by atoms with Gasteiger partial charge in [-0.25, -0.2) is 0 Å². The number of hydrogen-bond donors (Lipinski definition) is 0. The zero-order valence-electron chi connectivity index (χ0n) is 33.2. The Morgan fingerprint density at radius 3 is 1.32 bits per heavy atom. The van der Waals surface area contributed by atoms with Crippen molar-refractivity contribution in [1.29, 1.82) is 5.26 Å². The molecule has 10 aromatic rings. The van der Waals surface area contributed by atoms with Crippen molar-refractivity contribution in [2.45, 2.75) is 26.2 Å². The largest absolute Gasteiger partial charge is 0.417 e. The fraction of sp³-hybridized carbons (Fsp3) is 0.0755. The maximum atomic E-state index is 15.3. The van der Waals surface area contributed by atoms with Gasteiger partial charge in [0.15, 0.2) is 0 Å². The van der Waals surface area contributed by atoms with Gasteiger partial charge in [-0.1, -0.05) is 126 Å². The molecule has 10 rings (SSSR count). The van der Waals surface area contributed by atoms with Gasteiger partial charge in [0.2, 0.25) is 0 Å². The van der Waals surface area contributed by atoms with Crippen molar-refractivity contribution in [3.05, 3.63) is 192 Å². The Morgan fingerprint density at radius 1 is 0.419 bits per heavy atom. The molecule has 2 heterocycles. The third kappa shape index (κ3) is 6.29. The molecule has 8 aromatic carbocycles. The minimum absolute atomic E-state index is 0.0127. The third-order valence-electron chi connectivity index (χ3n) is 11.7. The van der Waals surface area contributed by atoms with E-state index in [0.29, 0.717) is 34.2 Å². The highest BCUT2D eigenvalue weighted by atomic mass is 19.4. The standard InChI is InChI=1S/C53H33F6N3/c1-31-10-7-12-33(24-31)35-20-22-40-38-14-3-5-18-45(38)61(48(40)26-35)47-29-42(51-43(52(54,55)56)16-9-17-44(51)53(57,58)59)50(28-37(47)30-60)62-46-19-6-4-15-39(46)41-23-21-36(27-49(41)62)34-13-8-11-32(2)25-34/h3-29H,1-2H3. The predicted octanol–water partition coefficient (Wildman–Crippen LogP) is 15.4. The van der Waals surface area contributed by atoms with Crippen LogP contribution in [-0.2, 0) is 12.4 Å². The fourth-order valence-electron chi connectivity index (χ4n) is 9.02. The Balaban J connectivity index is 1.38. The highest BCUT2D eigenvalue weighted by Crippen LogP contribution is 2.49. The van der Waals surface area contributed by atoms with Crippen LogP contribution in [0.4, 0.5) is 26.3 Å². The Bertz CT molecular complexity index is 3450. The summed E-state index contributed by atoms with van der Waals surface area (Å²) >= 11 is 0. The average molecular weight is 826 g/mol. The van der Waals surface area contributed by atoms with Crippen molar-refractivity contribution in [2.24, 2.45) is 0 Å². The highest BCUT2D eigenvalue weighted by Gasteiger charge is 2.42. The van der Waals surface area contributed by atoms with Gasteiger partial charge < -0.3 is 9.13 Å². The van der Waals surface area contributed by atoms with Gasteiger partial charge in [-0.05, 0) is 84.6 Å². The minimum Gasteiger partial charge on any atom is -0.309 e. The van der Waals surface area contributed by atoms with Crippen molar-refractivity contribution in [2.75, 3.05) is 0 Å². The predicted molar refractivity (Wildman–Crippen MR) is 236 cm³/mol. The Kier molecular flexibility index (Phi) is 8.89. The first-order valence-corrected chi connectivity index (χ1v) is 19.9. The van der Waals surface area contributed by atoms with Gasteiger partial charge in [-0.3, -0.25) is 0 Å². The molecule has 0 aliphatic heterocycles. The van der Waals surface area contributed by atoms with E-state index in [-0.39, 0.29) is 22.5 Å². The molecule has 62 heavy (non-hydrogen) atoms. The summed E-state index contributed by atoms with van der Waals surface area (Å²) in [7, 11) is 0. The van der Waals surface area contributed by atoms with Crippen molar-refractivity contribution in [3.63, 3.8) is 0 Å².